The van der Waals surface area contributed by atoms with E-state index in [1.807, 2.05) is 47.6 Å². The van der Waals surface area contributed by atoms with Crippen LogP contribution in [-0.2, 0) is 4.74 Å². The zero-order valence-corrected chi connectivity index (χ0v) is 24.7. The van der Waals surface area contributed by atoms with Crippen LogP contribution in [0, 0.1) is 12.3 Å². The second kappa shape index (κ2) is 9.93. The molecule has 0 saturated carbocycles. The second-order valence-electron chi connectivity index (χ2n) is 12.0. The molecule has 2 aliphatic heterocycles. The Morgan fingerprint density at radius 2 is 1.85 bits per heavy atom. The maximum atomic E-state index is 13.7. The monoisotopic (exact) mass is 572 g/mol. The molecule has 39 heavy (non-hydrogen) atoms. The molecule has 2 saturated heterocycles. The lowest BCUT2D eigenvalue weighted by Crippen LogP contribution is -2.38. The number of halogens is 2. The summed E-state index contributed by atoms with van der Waals surface area (Å²) in [7, 11) is 0. The third-order valence-electron chi connectivity index (χ3n) is 7.51. The highest BCUT2D eigenvalue weighted by atomic mass is 35.5. The van der Waals surface area contributed by atoms with Gasteiger partial charge >= 0.3 is 11.8 Å². The number of nitrogens with zero attached hydrogens (tertiary/aromatic N) is 6. The summed E-state index contributed by atoms with van der Waals surface area (Å²) in [5.41, 5.74) is 1.60. The molecule has 9 nitrogen and oxygen atoms in total. The molecule has 0 N–H and O–H groups in total. The van der Waals surface area contributed by atoms with E-state index in [2.05, 4.69) is 19.9 Å². The first-order valence-corrected chi connectivity index (χ1v) is 14.0. The number of pyridine rings is 2. The van der Waals surface area contributed by atoms with Gasteiger partial charge in [0.25, 0.3) is 0 Å². The van der Waals surface area contributed by atoms with Crippen molar-refractivity contribution in [2.24, 2.45) is 5.41 Å². The van der Waals surface area contributed by atoms with Gasteiger partial charge in [-0.15, -0.1) is 0 Å². The van der Waals surface area contributed by atoms with Crippen LogP contribution in [0.15, 0.2) is 23.1 Å². The van der Waals surface area contributed by atoms with Crippen LogP contribution < -0.4 is 10.6 Å². The largest absolute Gasteiger partial charge is 0.444 e. The normalized spacial score (nSPS) is 19.6. The molecular formula is C28H34Cl2N6O3. The molecule has 0 aliphatic carbocycles. The SMILES string of the molecule is Cc1ccnc(C(C)C)c1-n1c(=O)nc(N2CCC3(CCN(C(=O)OC(C)(C)C)C3)C2)c2cc(Cl)c(Cl)nc21. The van der Waals surface area contributed by atoms with Crippen LogP contribution in [0.2, 0.25) is 10.2 Å². The highest BCUT2D eigenvalue weighted by Gasteiger charge is 2.46. The van der Waals surface area contributed by atoms with Crippen molar-refractivity contribution in [3.8, 4) is 5.69 Å². The smallest absolute Gasteiger partial charge is 0.410 e. The number of amides is 1. The van der Waals surface area contributed by atoms with E-state index in [9.17, 15) is 9.59 Å². The Hall–Kier alpha value is -2.91. The first-order chi connectivity index (χ1) is 18.3. The van der Waals surface area contributed by atoms with Crippen LogP contribution >= 0.6 is 23.2 Å². The fourth-order valence-corrected chi connectivity index (χ4v) is 5.96. The fourth-order valence-electron chi connectivity index (χ4n) is 5.68. The molecule has 208 valence electrons. The minimum absolute atomic E-state index is 0.0676. The molecular weight excluding hydrogens is 539 g/mol. The van der Waals surface area contributed by atoms with Crippen LogP contribution in [0.5, 0.6) is 0 Å². The summed E-state index contributed by atoms with van der Waals surface area (Å²) in [6.45, 7) is 14.2. The molecule has 5 heterocycles. The van der Waals surface area contributed by atoms with Crippen molar-refractivity contribution in [1.29, 1.82) is 0 Å². The van der Waals surface area contributed by atoms with Crippen LogP contribution in [0.3, 0.4) is 0 Å². The third-order valence-corrected chi connectivity index (χ3v) is 8.18. The van der Waals surface area contributed by atoms with Crippen LogP contribution in [0.25, 0.3) is 16.7 Å². The minimum Gasteiger partial charge on any atom is -0.444 e. The summed E-state index contributed by atoms with van der Waals surface area (Å²) in [5, 5.41) is 1.04. The van der Waals surface area contributed by atoms with Crippen molar-refractivity contribution >= 4 is 46.1 Å². The van der Waals surface area contributed by atoms with Crippen molar-refractivity contribution in [1.82, 2.24) is 24.4 Å². The number of aromatic nitrogens is 4. The van der Waals surface area contributed by atoms with E-state index in [0.29, 0.717) is 48.7 Å². The standard InChI is InChI=1S/C28H34Cl2N6O3/c1-16(2)20-21(17(3)7-10-31-20)36-24-18(13-19(29)22(30)32-24)23(33-25(36)37)34-11-8-28(14-34)9-12-35(15-28)26(38)39-27(4,5)6/h7,10,13,16H,8-9,11-12,14-15H2,1-6H3. The van der Waals surface area contributed by atoms with E-state index in [4.69, 9.17) is 27.9 Å². The topological polar surface area (TPSA) is 93.5 Å². The summed E-state index contributed by atoms with van der Waals surface area (Å²) >= 11 is 12.8. The number of likely N-dealkylation sites (tertiary alicyclic amines) is 1. The van der Waals surface area contributed by atoms with Gasteiger partial charge in [0, 0.05) is 37.8 Å². The predicted octanol–water partition coefficient (Wildman–Crippen LogP) is 5.75. The summed E-state index contributed by atoms with van der Waals surface area (Å²) in [6.07, 6.45) is 3.18. The van der Waals surface area contributed by atoms with Crippen molar-refractivity contribution in [2.45, 2.75) is 65.9 Å². The lowest BCUT2D eigenvalue weighted by Gasteiger charge is -2.27. The summed E-state index contributed by atoms with van der Waals surface area (Å²) in [6, 6.07) is 3.60. The average molecular weight is 574 g/mol. The van der Waals surface area contributed by atoms with Gasteiger partial charge in [-0.25, -0.2) is 19.1 Å². The summed E-state index contributed by atoms with van der Waals surface area (Å²) in [5.74, 6) is 0.593. The zero-order valence-electron chi connectivity index (χ0n) is 23.2. The molecule has 1 spiro atoms. The second-order valence-corrected chi connectivity index (χ2v) is 12.8. The van der Waals surface area contributed by atoms with Gasteiger partial charge in [0.2, 0.25) is 0 Å². The first-order valence-electron chi connectivity index (χ1n) is 13.3. The molecule has 1 amide bonds. The molecule has 3 aromatic rings. The summed E-state index contributed by atoms with van der Waals surface area (Å²) < 4.78 is 7.11. The molecule has 0 aromatic carbocycles. The van der Waals surface area contributed by atoms with E-state index in [1.165, 1.54) is 4.57 Å². The van der Waals surface area contributed by atoms with Crippen molar-refractivity contribution in [3.05, 3.63) is 50.2 Å². The highest BCUT2D eigenvalue weighted by molar-refractivity contribution is 6.41. The van der Waals surface area contributed by atoms with Gasteiger partial charge in [0.1, 0.15) is 16.6 Å². The molecule has 0 radical (unpaired) electrons. The average Bonchev–Trinajstić information content (AvgIpc) is 3.46. The number of ether oxygens (including phenoxy) is 1. The molecule has 11 heteroatoms. The van der Waals surface area contributed by atoms with Gasteiger partial charge in [-0.2, -0.15) is 4.98 Å². The van der Waals surface area contributed by atoms with Gasteiger partial charge < -0.3 is 14.5 Å². The number of rotatable bonds is 3. The van der Waals surface area contributed by atoms with E-state index < -0.39 is 11.3 Å². The molecule has 2 aliphatic rings. The maximum Gasteiger partial charge on any atom is 0.410 e. The van der Waals surface area contributed by atoms with E-state index in [0.717, 1.165) is 24.1 Å². The predicted molar refractivity (Wildman–Crippen MR) is 153 cm³/mol. The van der Waals surface area contributed by atoms with E-state index >= 15 is 0 Å². The van der Waals surface area contributed by atoms with Crippen LogP contribution in [-0.4, -0.2) is 62.3 Å². The number of carbonyl (C=O) groups is 1. The molecule has 0 bridgehead atoms. The van der Waals surface area contributed by atoms with Crippen molar-refractivity contribution in [3.63, 3.8) is 0 Å². The van der Waals surface area contributed by atoms with Crippen molar-refractivity contribution in [2.75, 3.05) is 31.1 Å². The molecule has 3 aromatic heterocycles. The molecule has 1 atom stereocenters. The first kappa shape index (κ1) is 27.6. The van der Waals surface area contributed by atoms with Crippen LogP contribution in [0.1, 0.15) is 64.6 Å². The fraction of sp³-hybridized carbons (Fsp3) is 0.536. The number of hydrogen-bond donors (Lipinski definition) is 0. The van der Waals surface area contributed by atoms with Gasteiger partial charge in [-0.1, -0.05) is 37.0 Å². The van der Waals surface area contributed by atoms with Gasteiger partial charge in [-0.05, 0) is 64.2 Å². The maximum absolute atomic E-state index is 13.7. The molecule has 1 unspecified atom stereocenters. The molecule has 2 fully saturated rings. The Morgan fingerprint density at radius 1 is 1.13 bits per heavy atom. The zero-order chi connectivity index (χ0) is 28.3. The van der Waals surface area contributed by atoms with Gasteiger partial charge in [0.05, 0.1) is 21.8 Å². The highest BCUT2D eigenvalue weighted by Crippen LogP contribution is 2.43. The number of aryl methyl sites for hydroxylation is 1. The lowest BCUT2D eigenvalue weighted by molar-refractivity contribution is 0.0276. The number of fused-ring (bicyclic) bond motifs is 1. The van der Waals surface area contributed by atoms with Crippen molar-refractivity contribution < 1.29 is 9.53 Å². The van der Waals surface area contributed by atoms with Gasteiger partial charge in [-0.3, -0.25) is 4.98 Å². The quantitative estimate of drug-likeness (QED) is 0.369. The minimum atomic E-state index is -0.545. The number of hydrogen-bond acceptors (Lipinski definition) is 7. The molecule has 5 rings (SSSR count). The summed E-state index contributed by atoms with van der Waals surface area (Å²) in [4.78, 5) is 44.1. The Kier molecular flexibility index (Phi) is 7.04. The lowest BCUT2D eigenvalue weighted by atomic mass is 9.86. The Bertz CT molecular complexity index is 1520. The third kappa shape index (κ3) is 5.18. The van der Waals surface area contributed by atoms with Crippen LogP contribution in [0.4, 0.5) is 10.6 Å². The number of anilines is 1. The van der Waals surface area contributed by atoms with E-state index in [-0.39, 0.29) is 27.6 Å². The number of carbonyl (C=O) groups excluding carboxylic acids is 1. The Morgan fingerprint density at radius 3 is 2.54 bits per heavy atom. The Labute approximate surface area is 238 Å². The van der Waals surface area contributed by atoms with E-state index in [1.54, 1.807) is 17.2 Å². The van der Waals surface area contributed by atoms with Gasteiger partial charge in [0.15, 0.2) is 5.65 Å². The Balaban J connectivity index is 1.56.